The molecule has 0 saturated heterocycles. The van der Waals surface area contributed by atoms with Gasteiger partial charge in [-0.1, -0.05) is 17.7 Å². The predicted molar refractivity (Wildman–Crippen MR) is 73.9 cm³/mol. The Morgan fingerprint density at radius 3 is 3.06 bits per heavy atom. The number of nitrogens with zero attached hydrogens (tertiary/aromatic N) is 1. The second-order valence-electron chi connectivity index (χ2n) is 3.63. The number of aromatic nitrogens is 1. The van der Waals surface area contributed by atoms with Crippen LogP contribution in [0.3, 0.4) is 0 Å². The van der Waals surface area contributed by atoms with Gasteiger partial charge in [0.2, 0.25) is 5.91 Å². The summed E-state index contributed by atoms with van der Waals surface area (Å²) < 4.78 is 0. The maximum absolute atomic E-state index is 11.6. The fourth-order valence-electron chi connectivity index (χ4n) is 1.40. The largest absolute Gasteiger partial charge is 0.325 e. The van der Waals surface area contributed by atoms with Crippen molar-refractivity contribution >= 4 is 34.5 Å². The molecule has 1 aromatic heterocycles. The van der Waals surface area contributed by atoms with Gasteiger partial charge in [-0.25, -0.2) is 0 Å². The van der Waals surface area contributed by atoms with Crippen molar-refractivity contribution in [2.24, 2.45) is 0 Å². The van der Waals surface area contributed by atoms with Crippen LogP contribution in [0, 0.1) is 0 Å². The quantitative estimate of drug-likeness (QED) is 0.885. The molecule has 1 amide bonds. The van der Waals surface area contributed by atoms with Crippen LogP contribution >= 0.6 is 22.9 Å². The molecule has 0 radical (unpaired) electrons. The monoisotopic (exact) mass is 281 g/mol. The summed E-state index contributed by atoms with van der Waals surface area (Å²) in [6.45, 7) is 0.901. The molecule has 2 N–H and O–H groups in total. The van der Waals surface area contributed by atoms with Gasteiger partial charge in [0.15, 0.2) is 0 Å². The lowest BCUT2D eigenvalue weighted by atomic mass is 10.3. The predicted octanol–water partition coefficient (Wildman–Crippen LogP) is 2.52. The fourth-order valence-corrected chi connectivity index (χ4v) is 2.15. The molecule has 0 spiro atoms. The van der Waals surface area contributed by atoms with Gasteiger partial charge in [0, 0.05) is 28.3 Å². The number of rotatable bonds is 5. The van der Waals surface area contributed by atoms with E-state index >= 15 is 0 Å². The smallest absolute Gasteiger partial charge is 0.238 e. The van der Waals surface area contributed by atoms with E-state index in [1.165, 1.54) is 0 Å². The first-order valence-electron chi connectivity index (χ1n) is 5.37. The molecule has 0 bridgehead atoms. The molecule has 94 valence electrons. The highest BCUT2D eigenvalue weighted by molar-refractivity contribution is 7.09. The Balaban J connectivity index is 1.75. The van der Waals surface area contributed by atoms with Gasteiger partial charge in [0.25, 0.3) is 0 Å². The van der Waals surface area contributed by atoms with Gasteiger partial charge in [0.1, 0.15) is 0 Å². The van der Waals surface area contributed by atoms with E-state index in [9.17, 15) is 4.79 Å². The Morgan fingerprint density at radius 1 is 1.44 bits per heavy atom. The van der Waals surface area contributed by atoms with Gasteiger partial charge in [-0.2, -0.15) is 0 Å². The Hall–Kier alpha value is -1.43. The highest BCUT2D eigenvalue weighted by Crippen LogP contribution is 2.14. The molecule has 0 saturated carbocycles. The third kappa shape index (κ3) is 4.10. The third-order valence-corrected chi connectivity index (χ3v) is 3.19. The van der Waals surface area contributed by atoms with Crippen LogP contribution in [0.25, 0.3) is 0 Å². The molecule has 0 aliphatic carbocycles. The maximum Gasteiger partial charge on any atom is 0.238 e. The minimum absolute atomic E-state index is 0.0956. The van der Waals surface area contributed by atoms with Crippen LogP contribution in [-0.2, 0) is 11.3 Å². The second-order valence-corrected chi connectivity index (χ2v) is 5.04. The molecule has 1 aromatic carbocycles. The van der Waals surface area contributed by atoms with Gasteiger partial charge in [-0.05, 0) is 18.2 Å². The Bertz CT molecular complexity index is 516. The summed E-state index contributed by atoms with van der Waals surface area (Å²) in [5.74, 6) is -0.0956. The highest BCUT2D eigenvalue weighted by atomic mass is 35.5. The third-order valence-electron chi connectivity index (χ3n) is 2.18. The zero-order chi connectivity index (χ0) is 12.8. The fraction of sp³-hybridized carbons (Fsp3) is 0.167. The number of nitrogens with one attached hydrogen (secondary N) is 2. The minimum Gasteiger partial charge on any atom is -0.325 e. The molecule has 6 heteroatoms. The van der Waals surface area contributed by atoms with Gasteiger partial charge in [-0.3, -0.25) is 9.78 Å². The zero-order valence-electron chi connectivity index (χ0n) is 9.52. The number of anilines is 1. The average molecular weight is 282 g/mol. The number of amides is 1. The van der Waals surface area contributed by atoms with Crippen molar-refractivity contribution in [1.82, 2.24) is 10.3 Å². The van der Waals surface area contributed by atoms with Crippen LogP contribution in [0.1, 0.15) is 4.88 Å². The summed E-state index contributed by atoms with van der Waals surface area (Å²) in [6.07, 6.45) is 1.78. The normalized spacial score (nSPS) is 10.3. The molecule has 18 heavy (non-hydrogen) atoms. The number of carbonyl (C=O) groups excluding carboxylic acids is 1. The summed E-state index contributed by atoms with van der Waals surface area (Å²) in [4.78, 5) is 16.7. The van der Waals surface area contributed by atoms with Crippen LogP contribution in [-0.4, -0.2) is 17.4 Å². The Morgan fingerprint density at radius 2 is 2.33 bits per heavy atom. The minimum atomic E-state index is -0.0956. The lowest BCUT2D eigenvalue weighted by Gasteiger charge is -2.06. The lowest BCUT2D eigenvalue weighted by molar-refractivity contribution is -0.115. The molecule has 0 atom stereocenters. The van der Waals surface area contributed by atoms with E-state index in [0.29, 0.717) is 17.3 Å². The maximum atomic E-state index is 11.6. The van der Waals surface area contributed by atoms with Crippen molar-refractivity contribution in [1.29, 1.82) is 0 Å². The number of hydrogen-bond donors (Lipinski definition) is 2. The number of thiazole rings is 1. The summed E-state index contributed by atoms with van der Waals surface area (Å²) in [6, 6.07) is 7.07. The average Bonchev–Trinajstić information content (AvgIpc) is 2.82. The summed E-state index contributed by atoms with van der Waals surface area (Å²) in [5, 5.41) is 6.41. The molecule has 0 fully saturated rings. The number of carbonyl (C=O) groups is 1. The Kier molecular flexibility index (Phi) is 4.69. The first-order chi connectivity index (χ1) is 8.74. The SMILES string of the molecule is O=C(CNCc1cncs1)Nc1cccc(Cl)c1. The molecular formula is C12H12ClN3OS. The second kappa shape index (κ2) is 6.49. The zero-order valence-corrected chi connectivity index (χ0v) is 11.1. The van der Waals surface area contributed by atoms with Crippen LogP contribution < -0.4 is 10.6 Å². The standard InChI is InChI=1S/C12H12ClN3OS/c13-9-2-1-3-10(4-9)16-12(17)7-14-5-11-6-15-8-18-11/h1-4,6,8,14H,5,7H2,(H,16,17). The Labute approximate surface area is 114 Å². The van der Waals surface area contributed by atoms with Gasteiger partial charge in [-0.15, -0.1) is 11.3 Å². The molecule has 4 nitrogen and oxygen atoms in total. The number of halogens is 1. The van der Waals surface area contributed by atoms with Crippen molar-refractivity contribution < 1.29 is 4.79 Å². The summed E-state index contributed by atoms with van der Waals surface area (Å²) in [7, 11) is 0. The van der Waals surface area contributed by atoms with Gasteiger partial charge >= 0.3 is 0 Å². The van der Waals surface area contributed by atoms with Crippen LogP contribution in [0.5, 0.6) is 0 Å². The number of benzene rings is 1. The van der Waals surface area contributed by atoms with E-state index in [1.807, 2.05) is 0 Å². The van der Waals surface area contributed by atoms with Crippen molar-refractivity contribution in [3.63, 3.8) is 0 Å². The van der Waals surface area contributed by atoms with E-state index in [0.717, 1.165) is 4.88 Å². The van der Waals surface area contributed by atoms with E-state index < -0.39 is 0 Å². The lowest BCUT2D eigenvalue weighted by Crippen LogP contribution is -2.27. The molecule has 2 rings (SSSR count). The summed E-state index contributed by atoms with van der Waals surface area (Å²) >= 11 is 7.39. The molecular weight excluding hydrogens is 270 g/mol. The topological polar surface area (TPSA) is 54.0 Å². The van der Waals surface area contributed by atoms with Crippen LogP contribution in [0.2, 0.25) is 5.02 Å². The van der Waals surface area contributed by atoms with Crippen molar-refractivity contribution in [2.75, 3.05) is 11.9 Å². The van der Waals surface area contributed by atoms with E-state index in [1.54, 1.807) is 47.3 Å². The van der Waals surface area contributed by atoms with E-state index in [2.05, 4.69) is 15.6 Å². The van der Waals surface area contributed by atoms with E-state index in [4.69, 9.17) is 11.6 Å². The van der Waals surface area contributed by atoms with Crippen LogP contribution in [0.15, 0.2) is 36.0 Å². The van der Waals surface area contributed by atoms with E-state index in [-0.39, 0.29) is 12.5 Å². The van der Waals surface area contributed by atoms with Crippen molar-refractivity contribution in [3.05, 3.63) is 45.9 Å². The van der Waals surface area contributed by atoms with Crippen LogP contribution in [0.4, 0.5) is 5.69 Å². The molecule has 0 aliphatic heterocycles. The molecule has 0 unspecified atom stereocenters. The van der Waals surface area contributed by atoms with Crippen molar-refractivity contribution in [3.8, 4) is 0 Å². The first kappa shape index (κ1) is 13.0. The number of hydrogen-bond acceptors (Lipinski definition) is 4. The first-order valence-corrected chi connectivity index (χ1v) is 6.63. The van der Waals surface area contributed by atoms with Gasteiger partial charge < -0.3 is 10.6 Å². The van der Waals surface area contributed by atoms with Gasteiger partial charge in [0.05, 0.1) is 12.1 Å². The van der Waals surface area contributed by atoms with Crippen molar-refractivity contribution in [2.45, 2.75) is 6.54 Å². The summed E-state index contributed by atoms with van der Waals surface area (Å²) in [5.41, 5.74) is 2.47. The molecule has 2 aromatic rings. The molecule has 1 heterocycles. The molecule has 0 aliphatic rings. The highest BCUT2D eigenvalue weighted by Gasteiger charge is 2.02.